The lowest BCUT2D eigenvalue weighted by atomic mass is 9.96. The molecular weight excluding hydrogens is 324 g/mol. The Morgan fingerprint density at radius 2 is 1.65 bits per heavy atom. The van der Waals surface area contributed by atoms with Crippen molar-refractivity contribution in [2.75, 3.05) is 0 Å². The molecule has 138 valence electrons. The number of carbonyl (C=O) groups is 2. The molecule has 1 amide bonds. The monoisotopic (exact) mass is 352 g/mol. The van der Waals surface area contributed by atoms with Crippen molar-refractivity contribution in [2.45, 2.75) is 64.5 Å². The molecule has 4 heteroatoms. The topological polar surface area (TPSA) is 51.1 Å². The number of amides is 1. The number of aromatic nitrogens is 1. The third-order valence-corrected chi connectivity index (χ3v) is 5.18. The van der Waals surface area contributed by atoms with E-state index in [4.69, 9.17) is 0 Å². The molecule has 1 saturated carbocycles. The van der Waals surface area contributed by atoms with Gasteiger partial charge in [0.25, 0.3) is 11.7 Å². The number of aryl methyl sites for hydroxylation is 1. The van der Waals surface area contributed by atoms with Crippen LogP contribution in [0.25, 0.3) is 0 Å². The van der Waals surface area contributed by atoms with Gasteiger partial charge in [-0.3, -0.25) is 9.59 Å². The van der Waals surface area contributed by atoms with Crippen LogP contribution >= 0.6 is 0 Å². The fraction of sp³-hybridized carbons (Fsp3) is 0.455. The third kappa shape index (κ3) is 4.84. The van der Waals surface area contributed by atoms with Crippen LogP contribution in [0, 0.1) is 6.92 Å². The summed E-state index contributed by atoms with van der Waals surface area (Å²) in [6, 6.07) is 11.9. The largest absolute Gasteiger partial charge is 0.346 e. The molecule has 0 atom stereocenters. The minimum absolute atomic E-state index is 0.132. The van der Waals surface area contributed by atoms with Crippen molar-refractivity contribution in [3.63, 3.8) is 0 Å². The molecule has 2 aromatic rings. The summed E-state index contributed by atoms with van der Waals surface area (Å²) in [7, 11) is 0. The summed E-state index contributed by atoms with van der Waals surface area (Å²) in [5, 5.41) is 2.97. The lowest BCUT2D eigenvalue weighted by molar-refractivity contribution is -0.117. The molecule has 1 N–H and O–H groups in total. The number of benzene rings is 1. The molecule has 0 radical (unpaired) electrons. The molecule has 1 aromatic heterocycles. The van der Waals surface area contributed by atoms with Gasteiger partial charge in [0.05, 0.1) is 5.69 Å². The Kier molecular flexibility index (Phi) is 6.26. The highest BCUT2D eigenvalue weighted by molar-refractivity contribution is 6.42. The Morgan fingerprint density at radius 3 is 2.35 bits per heavy atom. The van der Waals surface area contributed by atoms with Crippen molar-refractivity contribution in [3.05, 3.63) is 59.4 Å². The van der Waals surface area contributed by atoms with E-state index in [1.54, 1.807) is 6.07 Å². The Balaban J connectivity index is 1.64. The van der Waals surface area contributed by atoms with Crippen LogP contribution in [-0.4, -0.2) is 22.3 Å². The Morgan fingerprint density at radius 1 is 1.00 bits per heavy atom. The summed E-state index contributed by atoms with van der Waals surface area (Å²) in [5.41, 5.74) is 2.77. The molecule has 3 rings (SSSR count). The third-order valence-electron chi connectivity index (χ3n) is 5.18. The van der Waals surface area contributed by atoms with Crippen LogP contribution in [-0.2, 0) is 11.3 Å². The highest BCUT2D eigenvalue weighted by Gasteiger charge is 2.23. The number of nitrogens with zero attached hydrogens (tertiary/aromatic N) is 1. The number of Topliss-reactive ketones (excluding diaryl/α,β-unsaturated/α-hetero) is 1. The van der Waals surface area contributed by atoms with Gasteiger partial charge in [-0.2, -0.15) is 0 Å². The average Bonchev–Trinajstić information content (AvgIpc) is 3.06. The second kappa shape index (κ2) is 8.84. The molecule has 1 aliphatic carbocycles. The first-order valence-corrected chi connectivity index (χ1v) is 9.69. The number of rotatable bonds is 5. The fourth-order valence-corrected chi connectivity index (χ4v) is 3.62. The number of nitrogens with one attached hydrogen (secondary N) is 1. The number of hydrogen-bond donors (Lipinski definition) is 1. The summed E-state index contributed by atoms with van der Waals surface area (Å²) < 4.78 is 1.85. The van der Waals surface area contributed by atoms with Gasteiger partial charge in [-0.25, -0.2) is 0 Å². The summed E-state index contributed by atoms with van der Waals surface area (Å²) in [5.74, 6) is -0.913. The lowest BCUT2D eigenvalue weighted by Crippen LogP contribution is -2.40. The predicted octanol–water partition coefficient (Wildman–Crippen LogP) is 4.26. The van der Waals surface area contributed by atoms with Gasteiger partial charge in [0.1, 0.15) is 0 Å². The van der Waals surface area contributed by atoms with E-state index in [-0.39, 0.29) is 6.04 Å². The van der Waals surface area contributed by atoms with Crippen molar-refractivity contribution in [2.24, 2.45) is 0 Å². The van der Waals surface area contributed by atoms with Crippen molar-refractivity contribution < 1.29 is 9.59 Å². The van der Waals surface area contributed by atoms with E-state index in [0.717, 1.165) is 31.2 Å². The number of carbonyl (C=O) groups excluding carboxylic acids is 2. The SMILES string of the molecule is Cc1ccc(Cn2cccc2C(=O)C(=O)NC2CCCCCCC2)cc1. The maximum Gasteiger partial charge on any atom is 0.294 e. The molecule has 1 aliphatic rings. The first-order valence-electron chi connectivity index (χ1n) is 9.69. The van der Waals surface area contributed by atoms with Crippen LogP contribution in [0.1, 0.15) is 66.6 Å². The van der Waals surface area contributed by atoms with E-state index in [1.165, 1.54) is 24.8 Å². The molecule has 0 unspecified atom stereocenters. The van der Waals surface area contributed by atoms with Crippen LogP contribution in [0.2, 0.25) is 0 Å². The van der Waals surface area contributed by atoms with Crippen LogP contribution in [0.4, 0.5) is 0 Å². The zero-order valence-electron chi connectivity index (χ0n) is 15.5. The lowest BCUT2D eigenvalue weighted by Gasteiger charge is -2.20. The molecule has 1 aromatic carbocycles. The first-order chi connectivity index (χ1) is 12.6. The quantitative estimate of drug-likeness (QED) is 0.646. The Hall–Kier alpha value is -2.36. The van der Waals surface area contributed by atoms with E-state index in [2.05, 4.69) is 29.6 Å². The minimum atomic E-state index is -0.473. The zero-order valence-corrected chi connectivity index (χ0v) is 15.5. The van der Waals surface area contributed by atoms with Gasteiger partial charge in [0.15, 0.2) is 0 Å². The van der Waals surface area contributed by atoms with E-state index >= 15 is 0 Å². The summed E-state index contributed by atoms with van der Waals surface area (Å²) >= 11 is 0. The smallest absolute Gasteiger partial charge is 0.294 e. The van der Waals surface area contributed by atoms with Crippen LogP contribution in [0.5, 0.6) is 0 Å². The van der Waals surface area contributed by atoms with Crippen LogP contribution < -0.4 is 5.32 Å². The van der Waals surface area contributed by atoms with E-state index in [1.807, 2.05) is 23.8 Å². The van der Waals surface area contributed by atoms with Gasteiger partial charge in [0.2, 0.25) is 0 Å². The zero-order chi connectivity index (χ0) is 18.4. The van der Waals surface area contributed by atoms with Crippen LogP contribution in [0.15, 0.2) is 42.6 Å². The van der Waals surface area contributed by atoms with E-state index < -0.39 is 11.7 Å². The number of hydrogen-bond acceptors (Lipinski definition) is 2. The maximum absolute atomic E-state index is 12.7. The van der Waals surface area contributed by atoms with Crippen molar-refractivity contribution >= 4 is 11.7 Å². The molecule has 1 heterocycles. The van der Waals surface area contributed by atoms with Gasteiger partial charge >= 0.3 is 0 Å². The predicted molar refractivity (Wildman–Crippen MR) is 103 cm³/mol. The van der Waals surface area contributed by atoms with Crippen molar-refractivity contribution in [3.8, 4) is 0 Å². The van der Waals surface area contributed by atoms with Crippen molar-refractivity contribution in [1.82, 2.24) is 9.88 Å². The summed E-state index contributed by atoms with van der Waals surface area (Å²) in [6.45, 7) is 2.64. The Labute approximate surface area is 155 Å². The van der Waals surface area contributed by atoms with E-state index in [0.29, 0.717) is 12.2 Å². The van der Waals surface area contributed by atoms with Gasteiger partial charge in [0, 0.05) is 18.8 Å². The second-order valence-corrected chi connectivity index (χ2v) is 7.35. The highest BCUT2D eigenvalue weighted by Crippen LogP contribution is 2.17. The minimum Gasteiger partial charge on any atom is -0.346 e. The summed E-state index contributed by atoms with van der Waals surface area (Å²) in [4.78, 5) is 25.1. The summed E-state index contributed by atoms with van der Waals surface area (Å²) in [6.07, 6.45) is 9.79. The fourth-order valence-electron chi connectivity index (χ4n) is 3.62. The molecule has 1 fully saturated rings. The van der Waals surface area contributed by atoms with Gasteiger partial charge < -0.3 is 9.88 Å². The molecule has 26 heavy (non-hydrogen) atoms. The maximum atomic E-state index is 12.7. The van der Waals surface area contributed by atoms with Gasteiger partial charge in [-0.1, -0.05) is 61.9 Å². The molecule has 0 saturated heterocycles. The Bertz CT molecular complexity index is 738. The average molecular weight is 352 g/mol. The first kappa shape index (κ1) is 18.4. The highest BCUT2D eigenvalue weighted by atomic mass is 16.2. The second-order valence-electron chi connectivity index (χ2n) is 7.35. The molecule has 0 aliphatic heterocycles. The normalized spacial score (nSPS) is 15.9. The molecule has 0 spiro atoms. The molecule has 4 nitrogen and oxygen atoms in total. The number of ketones is 1. The molecular formula is C22H28N2O2. The van der Waals surface area contributed by atoms with Crippen molar-refractivity contribution in [1.29, 1.82) is 0 Å². The van der Waals surface area contributed by atoms with Gasteiger partial charge in [-0.05, 0) is 37.5 Å². The standard InChI is InChI=1S/C22H28N2O2/c1-17-11-13-18(14-12-17)16-24-15-7-10-20(24)21(25)22(26)23-19-8-5-3-2-4-6-9-19/h7,10-15,19H,2-6,8-9,16H2,1H3,(H,23,26). The van der Waals surface area contributed by atoms with Crippen LogP contribution in [0.3, 0.4) is 0 Å². The molecule has 0 bridgehead atoms. The van der Waals surface area contributed by atoms with E-state index in [9.17, 15) is 9.59 Å². The van der Waals surface area contributed by atoms with Gasteiger partial charge in [-0.15, -0.1) is 0 Å².